The van der Waals surface area contributed by atoms with Crippen molar-refractivity contribution in [1.82, 2.24) is 4.57 Å². The Kier molecular flexibility index (Phi) is 6.46. The first kappa shape index (κ1) is 18.1. The molecular weight excluding hydrogens is 329 g/mol. The van der Waals surface area contributed by atoms with Crippen molar-refractivity contribution in [2.24, 2.45) is 0 Å². The van der Waals surface area contributed by atoms with Crippen LogP contribution >= 0.6 is 24.0 Å². The molecule has 0 saturated carbocycles. The van der Waals surface area contributed by atoms with Crippen molar-refractivity contribution in [1.29, 1.82) is 0 Å². The van der Waals surface area contributed by atoms with E-state index in [2.05, 4.69) is 0 Å². The lowest BCUT2D eigenvalue weighted by Crippen LogP contribution is -2.15. The molecule has 0 radical (unpaired) electrons. The molecule has 0 fully saturated rings. The number of carbonyl (C=O) groups is 1. The van der Waals surface area contributed by atoms with Gasteiger partial charge in [-0.25, -0.2) is 0 Å². The van der Waals surface area contributed by atoms with E-state index in [4.69, 9.17) is 21.1 Å². The molecule has 1 aromatic carbocycles. The fourth-order valence-electron chi connectivity index (χ4n) is 1.84. The first-order chi connectivity index (χ1) is 10.0. The molecule has 0 amide bonds. The maximum absolute atomic E-state index is 11.9. The van der Waals surface area contributed by atoms with Gasteiger partial charge in [0.1, 0.15) is 6.61 Å². The van der Waals surface area contributed by atoms with Crippen LogP contribution in [-0.2, 0) is 16.1 Å². The molecule has 7 heteroatoms. The zero-order chi connectivity index (χ0) is 15.4. The second-order valence-electron chi connectivity index (χ2n) is 4.32. The molecule has 0 bridgehead atoms. The Morgan fingerprint density at radius 2 is 1.91 bits per heavy atom. The van der Waals surface area contributed by atoms with Crippen LogP contribution in [0.25, 0.3) is 5.69 Å². The van der Waals surface area contributed by atoms with E-state index in [0.717, 1.165) is 5.69 Å². The summed E-state index contributed by atoms with van der Waals surface area (Å²) in [6, 6.07) is 8.44. The third-order valence-electron chi connectivity index (χ3n) is 2.84. The number of pyridine rings is 1. The number of aromatic nitrogens is 1. The van der Waals surface area contributed by atoms with Crippen LogP contribution in [-0.4, -0.2) is 17.6 Å². The molecule has 22 heavy (non-hydrogen) atoms. The Morgan fingerprint density at radius 3 is 2.45 bits per heavy atom. The minimum atomic E-state index is -0.416. The summed E-state index contributed by atoms with van der Waals surface area (Å²) in [6.45, 7) is 1.31. The van der Waals surface area contributed by atoms with Gasteiger partial charge in [-0.2, -0.15) is 0 Å². The van der Waals surface area contributed by atoms with Gasteiger partial charge in [0.25, 0.3) is 0 Å². The molecule has 0 N–H and O–H groups in total. The van der Waals surface area contributed by atoms with E-state index in [1.54, 1.807) is 35.0 Å². The summed E-state index contributed by atoms with van der Waals surface area (Å²) in [5, 5.41) is 0.605. The molecule has 0 saturated heterocycles. The average Bonchev–Trinajstić information content (AvgIpc) is 2.46. The van der Waals surface area contributed by atoms with E-state index in [1.807, 2.05) is 0 Å². The van der Waals surface area contributed by atoms with Crippen molar-refractivity contribution >= 4 is 30.0 Å². The topological polar surface area (TPSA) is 57.5 Å². The molecule has 2 aromatic rings. The molecule has 0 unspecified atom stereocenters. The van der Waals surface area contributed by atoms with Crippen molar-refractivity contribution in [3.8, 4) is 11.4 Å². The SMILES string of the molecule is COc1cn(-c2ccc(Cl)cc2)c(COC(C)=O)cc1=O.Cl. The fraction of sp³-hybridized carbons (Fsp3) is 0.200. The molecule has 0 aliphatic carbocycles. The van der Waals surface area contributed by atoms with Crippen LogP contribution in [0.4, 0.5) is 0 Å². The van der Waals surface area contributed by atoms with Crippen molar-refractivity contribution in [2.45, 2.75) is 13.5 Å². The van der Waals surface area contributed by atoms with E-state index in [-0.39, 0.29) is 30.2 Å². The molecule has 0 aliphatic rings. The summed E-state index contributed by atoms with van der Waals surface area (Å²) in [5.74, 6) is -0.211. The first-order valence-corrected chi connectivity index (χ1v) is 6.58. The minimum Gasteiger partial charge on any atom is -0.491 e. The number of methoxy groups -OCH3 is 1. The molecule has 0 spiro atoms. The second kappa shape index (κ2) is 7.87. The van der Waals surface area contributed by atoms with Crippen LogP contribution in [0.2, 0.25) is 5.02 Å². The van der Waals surface area contributed by atoms with Crippen LogP contribution in [0.3, 0.4) is 0 Å². The highest BCUT2D eigenvalue weighted by molar-refractivity contribution is 6.30. The normalized spacial score (nSPS) is 9.77. The Labute approximate surface area is 138 Å². The van der Waals surface area contributed by atoms with Crippen LogP contribution < -0.4 is 10.2 Å². The van der Waals surface area contributed by atoms with Gasteiger partial charge in [-0.3, -0.25) is 9.59 Å². The predicted octanol–water partition coefficient (Wildman–Crippen LogP) is 2.98. The molecule has 118 valence electrons. The predicted molar refractivity (Wildman–Crippen MR) is 86.3 cm³/mol. The third kappa shape index (κ3) is 4.26. The largest absolute Gasteiger partial charge is 0.491 e. The van der Waals surface area contributed by atoms with E-state index >= 15 is 0 Å². The Bertz CT molecular complexity index is 710. The summed E-state index contributed by atoms with van der Waals surface area (Å²) in [7, 11) is 1.43. The quantitative estimate of drug-likeness (QED) is 0.800. The summed E-state index contributed by atoms with van der Waals surface area (Å²) in [5.41, 5.74) is 1.04. The number of halogens is 2. The summed E-state index contributed by atoms with van der Waals surface area (Å²) >= 11 is 5.87. The Hall–Kier alpha value is -1.98. The standard InChI is InChI=1S/C15H14ClNO4.ClH/c1-10(18)21-9-13-7-14(19)15(20-2)8-17(13)12-5-3-11(16)4-6-12;/h3-8H,9H2,1-2H3;1H. The average molecular weight is 344 g/mol. The van der Waals surface area contributed by atoms with Crippen molar-refractivity contribution in [3.05, 3.63) is 57.5 Å². The van der Waals surface area contributed by atoms with Gasteiger partial charge in [-0.15, -0.1) is 12.4 Å². The molecule has 1 aromatic heterocycles. The van der Waals surface area contributed by atoms with Gasteiger partial charge in [-0.05, 0) is 24.3 Å². The monoisotopic (exact) mass is 343 g/mol. The number of benzene rings is 1. The summed E-state index contributed by atoms with van der Waals surface area (Å²) in [6.07, 6.45) is 1.56. The number of rotatable bonds is 4. The van der Waals surface area contributed by atoms with Crippen LogP contribution in [0.1, 0.15) is 12.6 Å². The summed E-state index contributed by atoms with van der Waals surface area (Å²) in [4.78, 5) is 22.8. The number of carbonyl (C=O) groups excluding carboxylic acids is 1. The van der Waals surface area contributed by atoms with E-state index < -0.39 is 5.97 Å². The fourth-order valence-corrected chi connectivity index (χ4v) is 1.96. The maximum atomic E-state index is 11.9. The zero-order valence-electron chi connectivity index (χ0n) is 12.0. The van der Waals surface area contributed by atoms with E-state index in [0.29, 0.717) is 10.7 Å². The van der Waals surface area contributed by atoms with Crippen molar-refractivity contribution < 1.29 is 14.3 Å². The number of hydrogen-bond donors (Lipinski definition) is 0. The lowest BCUT2D eigenvalue weighted by atomic mass is 10.2. The molecule has 1 heterocycles. The van der Waals surface area contributed by atoms with Gasteiger partial charge in [0.05, 0.1) is 19.0 Å². The van der Waals surface area contributed by atoms with Crippen LogP contribution in [0.5, 0.6) is 5.75 Å². The maximum Gasteiger partial charge on any atom is 0.303 e. The minimum absolute atomic E-state index is 0. The molecule has 0 atom stereocenters. The van der Waals surface area contributed by atoms with Gasteiger partial charge in [0.2, 0.25) is 5.43 Å². The van der Waals surface area contributed by atoms with Crippen LogP contribution in [0, 0.1) is 0 Å². The van der Waals surface area contributed by atoms with Gasteiger partial charge in [0, 0.05) is 23.7 Å². The van der Waals surface area contributed by atoms with Crippen LogP contribution in [0.15, 0.2) is 41.3 Å². The molecule has 0 aliphatic heterocycles. The van der Waals surface area contributed by atoms with Crippen molar-refractivity contribution in [3.63, 3.8) is 0 Å². The van der Waals surface area contributed by atoms with Gasteiger partial charge in [-0.1, -0.05) is 11.6 Å². The lowest BCUT2D eigenvalue weighted by molar-refractivity contribution is -0.142. The number of esters is 1. The highest BCUT2D eigenvalue weighted by Gasteiger charge is 2.10. The Morgan fingerprint density at radius 1 is 1.27 bits per heavy atom. The smallest absolute Gasteiger partial charge is 0.303 e. The zero-order valence-corrected chi connectivity index (χ0v) is 13.6. The number of ether oxygens (including phenoxy) is 2. The van der Waals surface area contributed by atoms with E-state index in [1.165, 1.54) is 20.1 Å². The van der Waals surface area contributed by atoms with E-state index in [9.17, 15) is 9.59 Å². The Balaban J connectivity index is 0.00000242. The second-order valence-corrected chi connectivity index (χ2v) is 4.76. The van der Waals surface area contributed by atoms with Gasteiger partial charge >= 0.3 is 5.97 Å². The van der Waals surface area contributed by atoms with Gasteiger partial charge < -0.3 is 14.0 Å². The van der Waals surface area contributed by atoms with Gasteiger partial charge in [0.15, 0.2) is 5.75 Å². The van der Waals surface area contributed by atoms with Crippen molar-refractivity contribution in [2.75, 3.05) is 7.11 Å². The highest BCUT2D eigenvalue weighted by Crippen LogP contribution is 2.18. The first-order valence-electron chi connectivity index (χ1n) is 6.20. The number of hydrogen-bond acceptors (Lipinski definition) is 4. The third-order valence-corrected chi connectivity index (χ3v) is 3.10. The number of nitrogens with zero attached hydrogens (tertiary/aromatic N) is 1. The highest BCUT2D eigenvalue weighted by atomic mass is 35.5. The molecule has 2 rings (SSSR count). The molecular formula is C15H15Cl2NO4. The molecule has 5 nitrogen and oxygen atoms in total. The summed E-state index contributed by atoms with van der Waals surface area (Å²) < 4.78 is 11.7. The lowest BCUT2D eigenvalue weighted by Gasteiger charge is -2.15.